The maximum Gasteiger partial charge on any atom is 0.262 e. The van der Waals surface area contributed by atoms with Crippen molar-refractivity contribution in [2.45, 2.75) is 4.90 Å². The van der Waals surface area contributed by atoms with Crippen LogP contribution in [0, 0.1) is 0 Å². The first kappa shape index (κ1) is 17.4. The third-order valence-corrected chi connectivity index (χ3v) is 6.91. The molecule has 144 valence electrons. The summed E-state index contributed by atoms with van der Waals surface area (Å²) in [6, 6.07) is 12.0. The Bertz CT molecular complexity index is 1090. The molecule has 0 bridgehead atoms. The molecule has 0 fully saturated rings. The highest BCUT2D eigenvalue weighted by Gasteiger charge is 2.27. The Morgan fingerprint density at radius 1 is 1.04 bits per heavy atom. The molecule has 0 atom stereocenters. The van der Waals surface area contributed by atoms with Crippen molar-refractivity contribution in [1.29, 1.82) is 0 Å². The van der Waals surface area contributed by atoms with E-state index in [0.717, 1.165) is 29.5 Å². The van der Waals surface area contributed by atoms with Crippen LogP contribution in [0.2, 0.25) is 0 Å². The van der Waals surface area contributed by atoms with E-state index in [1.165, 1.54) is 12.1 Å². The predicted molar refractivity (Wildman–Crippen MR) is 109 cm³/mol. The second-order valence-electron chi connectivity index (χ2n) is 6.43. The maximum absolute atomic E-state index is 12.7. The molecule has 0 aromatic heterocycles. The summed E-state index contributed by atoms with van der Waals surface area (Å²) in [6.07, 6.45) is 0. The van der Waals surface area contributed by atoms with E-state index in [-0.39, 0.29) is 4.90 Å². The number of nitrogens with zero attached hydrogens (tertiary/aromatic N) is 2. The van der Waals surface area contributed by atoms with Crippen LogP contribution in [-0.4, -0.2) is 44.8 Å². The number of benzene rings is 2. The zero-order valence-electron chi connectivity index (χ0n) is 14.8. The Kier molecular flexibility index (Phi) is 4.21. The van der Waals surface area contributed by atoms with E-state index in [4.69, 9.17) is 9.47 Å². The smallest absolute Gasteiger partial charge is 0.262 e. The molecule has 3 heterocycles. The topological polar surface area (TPSA) is 80.2 Å². The van der Waals surface area contributed by atoms with Crippen LogP contribution in [0.1, 0.15) is 5.56 Å². The highest BCUT2D eigenvalue weighted by atomic mass is 32.2. The van der Waals surface area contributed by atoms with Crippen LogP contribution >= 0.6 is 11.8 Å². The van der Waals surface area contributed by atoms with Crippen LogP contribution in [0.4, 0.5) is 5.69 Å². The summed E-state index contributed by atoms with van der Waals surface area (Å²) < 4.78 is 39.0. The molecule has 0 saturated heterocycles. The number of ether oxygens (including phenoxy) is 2. The highest BCUT2D eigenvalue weighted by molar-refractivity contribution is 8.16. The fourth-order valence-electron chi connectivity index (χ4n) is 3.26. The number of aliphatic imine (C=N–C) groups is 1. The van der Waals surface area contributed by atoms with Gasteiger partial charge in [-0.2, -0.15) is 0 Å². The lowest BCUT2D eigenvalue weighted by Crippen LogP contribution is -2.20. The molecule has 0 amide bonds. The molecule has 7 nitrogen and oxygen atoms in total. The van der Waals surface area contributed by atoms with Crippen LogP contribution in [0.5, 0.6) is 11.5 Å². The Labute approximate surface area is 167 Å². The van der Waals surface area contributed by atoms with E-state index in [9.17, 15) is 8.42 Å². The number of nitrogens with one attached hydrogen (secondary N) is 1. The Balaban J connectivity index is 1.35. The monoisotopic (exact) mass is 415 g/mol. The molecule has 2 aromatic carbocycles. The number of rotatable bonds is 4. The molecular weight excluding hydrogens is 398 g/mol. The van der Waals surface area contributed by atoms with Crippen molar-refractivity contribution in [3.63, 3.8) is 0 Å². The third kappa shape index (κ3) is 3.10. The van der Waals surface area contributed by atoms with Crippen molar-refractivity contribution < 1.29 is 17.9 Å². The van der Waals surface area contributed by atoms with Crippen molar-refractivity contribution in [3.8, 4) is 11.5 Å². The number of thioether (sulfide) groups is 1. The Morgan fingerprint density at radius 3 is 2.64 bits per heavy atom. The van der Waals surface area contributed by atoms with Gasteiger partial charge in [0.2, 0.25) is 0 Å². The average molecular weight is 415 g/mol. The van der Waals surface area contributed by atoms with Gasteiger partial charge in [-0.1, -0.05) is 23.9 Å². The Morgan fingerprint density at radius 2 is 1.82 bits per heavy atom. The minimum atomic E-state index is -3.73. The fourth-order valence-corrected chi connectivity index (χ4v) is 5.30. The molecule has 28 heavy (non-hydrogen) atoms. The van der Waals surface area contributed by atoms with Crippen LogP contribution in [0.25, 0.3) is 5.70 Å². The summed E-state index contributed by atoms with van der Waals surface area (Å²) in [5.41, 5.74) is 2.63. The lowest BCUT2D eigenvalue weighted by Gasteiger charge is -2.19. The van der Waals surface area contributed by atoms with Crippen LogP contribution < -0.4 is 14.2 Å². The van der Waals surface area contributed by atoms with Gasteiger partial charge in [-0.3, -0.25) is 9.71 Å². The maximum atomic E-state index is 12.7. The molecule has 5 rings (SSSR count). The number of sulfonamides is 1. The van der Waals surface area contributed by atoms with E-state index >= 15 is 0 Å². The quantitative estimate of drug-likeness (QED) is 0.827. The predicted octanol–water partition coefficient (Wildman–Crippen LogP) is 2.98. The van der Waals surface area contributed by atoms with Gasteiger partial charge in [-0.05, 0) is 29.8 Å². The Hall–Kier alpha value is -2.65. The first-order valence-electron chi connectivity index (χ1n) is 8.82. The van der Waals surface area contributed by atoms with Gasteiger partial charge in [0.05, 0.1) is 17.1 Å². The molecule has 2 aromatic rings. The summed E-state index contributed by atoms with van der Waals surface area (Å²) in [5.74, 6) is 1.00. The van der Waals surface area contributed by atoms with Crippen LogP contribution in [0.15, 0.2) is 57.8 Å². The standard InChI is InChI=1S/C19H17N3O4S2/c23-28(24,15-5-6-17-18(11-15)26-10-9-25-17)21-14-3-1-13(2-4-14)16-12-27-19-20-7-8-22(16)19/h1-6,11-12,21H,7-10H2. The van der Waals surface area contributed by atoms with Gasteiger partial charge in [0.25, 0.3) is 10.0 Å². The van der Waals surface area contributed by atoms with E-state index in [2.05, 4.69) is 20.0 Å². The summed E-state index contributed by atoms with van der Waals surface area (Å²) in [5, 5.41) is 3.10. The number of hydrogen-bond donors (Lipinski definition) is 1. The lowest BCUT2D eigenvalue weighted by atomic mass is 10.1. The molecule has 0 radical (unpaired) electrons. The normalized spacial score (nSPS) is 17.8. The van der Waals surface area contributed by atoms with Crippen molar-refractivity contribution in [2.75, 3.05) is 31.0 Å². The number of hydrogen-bond acceptors (Lipinski definition) is 7. The van der Waals surface area contributed by atoms with Gasteiger partial charge in [0.1, 0.15) is 13.2 Å². The van der Waals surface area contributed by atoms with E-state index in [1.54, 1.807) is 30.0 Å². The average Bonchev–Trinajstić information content (AvgIpc) is 3.32. The summed E-state index contributed by atoms with van der Waals surface area (Å²) in [7, 11) is -3.73. The second kappa shape index (κ2) is 6.75. The van der Waals surface area contributed by atoms with E-state index in [0.29, 0.717) is 30.4 Å². The van der Waals surface area contributed by atoms with Gasteiger partial charge in [-0.25, -0.2) is 8.42 Å². The van der Waals surface area contributed by atoms with Gasteiger partial charge in [0, 0.05) is 23.7 Å². The van der Waals surface area contributed by atoms with Gasteiger partial charge < -0.3 is 14.4 Å². The number of anilines is 1. The summed E-state index contributed by atoms with van der Waals surface area (Å²) in [4.78, 5) is 6.76. The molecule has 3 aliphatic rings. The van der Waals surface area contributed by atoms with Crippen LogP contribution in [0.3, 0.4) is 0 Å². The zero-order valence-corrected chi connectivity index (χ0v) is 16.4. The SMILES string of the molecule is O=S(=O)(Nc1ccc(C2=CSC3=NCCN23)cc1)c1ccc2c(c1)OCCO2. The van der Waals surface area contributed by atoms with Crippen molar-refractivity contribution >= 4 is 38.3 Å². The van der Waals surface area contributed by atoms with Crippen molar-refractivity contribution in [2.24, 2.45) is 4.99 Å². The summed E-state index contributed by atoms with van der Waals surface area (Å²) >= 11 is 1.62. The zero-order chi connectivity index (χ0) is 19.1. The molecule has 3 aliphatic heterocycles. The molecule has 0 spiro atoms. The molecule has 0 saturated carbocycles. The minimum Gasteiger partial charge on any atom is -0.486 e. The van der Waals surface area contributed by atoms with Gasteiger partial charge >= 0.3 is 0 Å². The van der Waals surface area contributed by atoms with Crippen LogP contribution in [-0.2, 0) is 10.0 Å². The first-order chi connectivity index (χ1) is 13.6. The fraction of sp³-hybridized carbons (Fsp3) is 0.211. The molecule has 0 aliphatic carbocycles. The first-order valence-corrected chi connectivity index (χ1v) is 11.2. The highest BCUT2D eigenvalue weighted by Crippen LogP contribution is 2.36. The van der Waals surface area contributed by atoms with Gasteiger partial charge in [0.15, 0.2) is 16.7 Å². The van der Waals surface area contributed by atoms with Gasteiger partial charge in [-0.15, -0.1) is 0 Å². The second-order valence-corrected chi connectivity index (χ2v) is 8.94. The van der Waals surface area contributed by atoms with Crippen molar-refractivity contribution in [3.05, 3.63) is 53.4 Å². The number of fused-ring (bicyclic) bond motifs is 2. The lowest BCUT2D eigenvalue weighted by molar-refractivity contribution is 0.171. The van der Waals surface area contributed by atoms with E-state index in [1.807, 2.05) is 12.1 Å². The molecule has 1 N–H and O–H groups in total. The molecular formula is C19H17N3O4S2. The largest absolute Gasteiger partial charge is 0.486 e. The number of amidine groups is 1. The molecule has 9 heteroatoms. The molecule has 0 unspecified atom stereocenters. The summed E-state index contributed by atoms with van der Waals surface area (Å²) in [6.45, 7) is 2.56. The van der Waals surface area contributed by atoms with Crippen molar-refractivity contribution in [1.82, 2.24) is 4.90 Å². The van der Waals surface area contributed by atoms with E-state index < -0.39 is 10.0 Å². The third-order valence-electron chi connectivity index (χ3n) is 4.63. The minimum absolute atomic E-state index is 0.133.